The Bertz CT molecular complexity index is 2930. The molecule has 0 spiro atoms. The highest BCUT2D eigenvalue weighted by molar-refractivity contribution is 7.26. The molecule has 11 rings (SSSR count). The number of hydrogen-bond acceptors (Lipinski definition) is 1. The first-order valence-electron chi connectivity index (χ1n) is 18.8. The molecule has 0 fully saturated rings. The van der Waals surface area contributed by atoms with Gasteiger partial charge in [0.15, 0.2) is 0 Å². The lowest BCUT2D eigenvalue weighted by molar-refractivity contribution is 0.781. The number of rotatable bonds is 4. The molecule has 7 aromatic carbocycles. The zero-order chi connectivity index (χ0) is 34.9. The van der Waals surface area contributed by atoms with Gasteiger partial charge < -0.3 is 0 Å². The van der Waals surface area contributed by atoms with E-state index in [1.54, 1.807) is 0 Å². The van der Waals surface area contributed by atoms with Crippen molar-refractivity contribution >= 4 is 69.4 Å². The molecular weight excluding hydrogens is 657 g/mol. The molecule has 0 saturated carbocycles. The van der Waals surface area contributed by atoms with Gasteiger partial charge in [0.1, 0.15) is 0 Å². The summed E-state index contributed by atoms with van der Waals surface area (Å²) in [5, 5.41) is 10.6. The number of allylic oxidation sites excluding steroid dienone is 12. The third-order valence-electron chi connectivity index (χ3n) is 11.7. The van der Waals surface area contributed by atoms with Crippen LogP contribution in [-0.2, 0) is 0 Å². The lowest BCUT2D eigenvalue weighted by Crippen LogP contribution is -2.05. The van der Waals surface area contributed by atoms with Gasteiger partial charge in [0.25, 0.3) is 0 Å². The Morgan fingerprint density at radius 1 is 0.472 bits per heavy atom. The molecule has 2 unspecified atom stereocenters. The van der Waals surface area contributed by atoms with Crippen molar-refractivity contribution in [3.8, 4) is 22.3 Å². The molecule has 2 atom stereocenters. The van der Waals surface area contributed by atoms with Crippen molar-refractivity contribution in [1.29, 1.82) is 0 Å². The summed E-state index contributed by atoms with van der Waals surface area (Å²) < 4.78 is 2.77. The second-order valence-corrected chi connectivity index (χ2v) is 15.7. The van der Waals surface area contributed by atoms with Gasteiger partial charge >= 0.3 is 0 Å². The Morgan fingerprint density at radius 2 is 1.04 bits per heavy atom. The molecule has 0 saturated heterocycles. The van der Waals surface area contributed by atoms with Gasteiger partial charge in [0, 0.05) is 32.0 Å². The van der Waals surface area contributed by atoms with Crippen LogP contribution in [0.2, 0.25) is 0 Å². The van der Waals surface area contributed by atoms with Crippen molar-refractivity contribution < 1.29 is 0 Å². The van der Waals surface area contributed by atoms with Crippen LogP contribution in [0.15, 0.2) is 188 Å². The maximum atomic E-state index is 2.42. The van der Waals surface area contributed by atoms with Crippen molar-refractivity contribution in [3.05, 3.63) is 199 Å². The smallest absolute Gasteiger partial charge is 0.0406 e. The van der Waals surface area contributed by atoms with E-state index in [0.717, 1.165) is 12.8 Å². The van der Waals surface area contributed by atoms with E-state index in [0.29, 0.717) is 11.8 Å². The molecule has 3 aliphatic rings. The van der Waals surface area contributed by atoms with Crippen molar-refractivity contribution in [2.45, 2.75) is 18.8 Å². The second-order valence-electron chi connectivity index (χ2n) is 14.6. The number of benzene rings is 7. The third kappa shape index (κ3) is 4.81. The quantitative estimate of drug-likeness (QED) is 0.161. The molecular formula is C52H36S. The molecule has 53 heavy (non-hydrogen) atoms. The summed E-state index contributed by atoms with van der Waals surface area (Å²) in [7, 11) is 0. The van der Waals surface area contributed by atoms with Crippen LogP contribution in [0.3, 0.4) is 0 Å². The van der Waals surface area contributed by atoms with Gasteiger partial charge in [-0.05, 0) is 95.8 Å². The summed E-state index contributed by atoms with van der Waals surface area (Å²) in [6.07, 6.45) is 25.2. The van der Waals surface area contributed by atoms with Crippen LogP contribution in [0.4, 0.5) is 0 Å². The zero-order valence-electron chi connectivity index (χ0n) is 29.3. The summed E-state index contributed by atoms with van der Waals surface area (Å²) in [4.78, 5) is 0. The molecule has 1 heterocycles. The predicted octanol–water partition coefficient (Wildman–Crippen LogP) is 14.9. The molecule has 1 aromatic heterocycles. The Labute approximate surface area is 313 Å². The summed E-state index contributed by atoms with van der Waals surface area (Å²) in [5.41, 5.74) is 10.7. The minimum absolute atomic E-state index is 0.314. The highest BCUT2D eigenvalue weighted by Gasteiger charge is 2.25. The maximum Gasteiger partial charge on any atom is 0.0406 e. The van der Waals surface area contributed by atoms with Gasteiger partial charge in [-0.15, -0.1) is 11.3 Å². The fourth-order valence-corrected chi connectivity index (χ4v) is 10.6. The van der Waals surface area contributed by atoms with E-state index < -0.39 is 0 Å². The first-order chi connectivity index (χ1) is 26.3. The topological polar surface area (TPSA) is 0 Å². The van der Waals surface area contributed by atoms with Crippen molar-refractivity contribution in [2.75, 3.05) is 0 Å². The van der Waals surface area contributed by atoms with E-state index in [-0.39, 0.29) is 0 Å². The monoisotopic (exact) mass is 692 g/mol. The molecule has 3 aliphatic carbocycles. The van der Waals surface area contributed by atoms with E-state index in [4.69, 9.17) is 0 Å². The standard InChI is InChI=1S/C52H36S/c1-2-15-34(16-3-1)50-49(43-22-10-11-23-44(43)51-45-24-12-13-25-46(45)53-52(50)51)36-29-27-35(28-30-36)47-39-18-6-8-20-41(39)48(42-21-9-7-19-40(42)47)38-31-26-33-14-4-5-17-37(33)32-38/h1-13,15,17-34H,14,16H2. The lowest BCUT2D eigenvalue weighted by atomic mass is 9.80. The zero-order valence-corrected chi connectivity index (χ0v) is 30.1. The van der Waals surface area contributed by atoms with Crippen LogP contribution in [-0.4, -0.2) is 0 Å². The minimum atomic E-state index is 0.314. The van der Waals surface area contributed by atoms with Crippen molar-refractivity contribution in [2.24, 2.45) is 5.92 Å². The Kier molecular flexibility index (Phi) is 7.10. The van der Waals surface area contributed by atoms with Gasteiger partial charge in [-0.3, -0.25) is 0 Å². The Morgan fingerprint density at radius 3 is 1.72 bits per heavy atom. The summed E-state index contributed by atoms with van der Waals surface area (Å²) >= 11 is 1.95. The minimum Gasteiger partial charge on any atom is -0.135 e. The number of hydrogen-bond donors (Lipinski definition) is 0. The second kappa shape index (κ2) is 12.3. The normalized spacial score (nSPS) is 18.0. The highest BCUT2D eigenvalue weighted by Crippen LogP contribution is 2.50. The van der Waals surface area contributed by atoms with Crippen LogP contribution in [0, 0.1) is 5.92 Å². The fraction of sp³-hybridized carbons (Fsp3) is 0.0769. The van der Waals surface area contributed by atoms with E-state index in [1.165, 1.54) is 97.0 Å². The van der Waals surface area contributed by atoms with Gasteiger partial charge in [-0.2, -0.15) is 0 Å². The largest absolute Gasteiger partial charge is 0.135 e. The third-order valence-corrected chi connectivity index (χ3v) is 12.9. The number of fused-ring (bicyclic) bond motifs is 8. The van der Waals surface area contributed by atoms with E-state index >= 15 is 0 Å². The average Bonchev–Trinajstić information content (AvgIpc) is 3.62. The predicted molar refractivity (Wildman–Crippen MR) is 231 cm³/mol. The van der Waals surface area contributed by atoms with E-state index in [9.17, 15) is 0 Å². The van der Waals surface area contributed by atoms with Crippen LogP contribution in [0.25, 0.3) is 80.3 Å². The van der Waals surface area contributed by atoms with Crippen LogP contribution in [0.5, 0.6) is 0 Å². The van der Waals surface area contributed by atoms with Gasteiger partial charge in [-0.25, -0.2) is 0 Å². The molecule has 1 heteroatoms. The Hall–Kier alpha value is -6.02. The van der Waals surface area contributed by atoms with Crippen LogP contribution < -0.4 is 0 Å². The molecule has 0 bridgehead atoms. The van der Waals surface area contributed by atoms with Crippen LogP contribution >= 0.6 is 11.3 Å². The van der Waals surface area contributed by atoms with E-state index in [1.807, 2.05) is 11.3 Å². The fourth-order valence-electron chi connectivity index (χ4n) is 9.31. The van der Waals surface area contributed by atoms with Crippen molar-refractivity contribution in [1.82, 2.24) is 0 Å². The first kappa shape index (κ1) is 30.6. The highest BCUT2D eigenvalue weighted by atomic mass is 32.1. The summed E-state index contributed by atoms with van der Waals surface area (Å²) in [5.74, 6) is 0.788. The van der Waals surface area contributed by atoms with E-state index in [2.05, 4.69) is 182 Å². The Balaban J connectivity index is 1.14. The summed E-state index contributed by atoms with van der Waals surface area (Å²) in [6, 6.07) is 45.6. The summed E-state index contributed by atoms with van der Waals surface area (Å²) in [6.45, 7) is 0. The maximum absolute atomic E-state index is 2.42. The SMILES string of the molecule is C1=CCC2C=CC(c3c4ccccc4c(-c4ccc(-c5c(C6C=CC=CC6)c6sc7ccccc7c6c6ccccc56)cc4)c4ccccc34)=CC2=C1. The van der Waals surface area contributed by atoms with Gasteiger partial charge in [0.2, 0.25) is 0 Å². The van der Waals surface area contributed by atoms with Gasteiger partial charge in [0.05, 0.1) is 0 Å². The molecule has 0 nitrogen and oxygen atoms in total. The molecule has 250 valence electrons. The van der Waals surface area contributed by atoms with Crippen LogP contribution in [0.1, 0.15) is 29.9 Å². The molecule has 0 N–H and O–H groups in total. The molecule has 0 amide bonds. The number of thiophene rings is 1. The average molecular weight is 693 g/mol. The lowest BCUT2D eigenvalue weighted by Gasteiger charge is -2.24. The molecule has 0 radical (unpaired) electrons. The first-order valence-corrected chi connectivity index (χ1v) is 19.6. The van der Waals surface area contributed by atoms with Gasteiger partial charge in [-0.1, -0.05) is 176 Å². The molecule has 8 aromatic rings. The molecule has 0 aliphatic heterocycles. The van der Waals surface area contributed by atoms with Crippen molar-refractivity contribution in [3.63, 3.8) is 0 Å².